The average Bonchev–Trinajstić information content (AvgIpc) is 2.51. The zero-order chi connectivity index (χ0) is 12.9. The van der Waals surface area contributed by atoms with Crippen molar-refractivity contribution in [1.82, 2.24) is 0 Å². The Labute approximate surface area is 128 Å². The van der Waals surface area contributed by atoms with Crippen molar-refractivity contribution in [3.05, 3.63) is 91.0 Å². The Balaban J connectivity index is 0.00000147. The zero-order valence-electron chi connectivity index (χ0n) is 11.2. The average molecular weight is 320 g/mol. The van der Waals surface area contributed by atoms with Gasteiger partial charge in [-0.05, 0) is 0 Å². The van der Waals surface area contributed by atoms with Crippen LogP contribution in [0.5, 0.6) is 0 Å². The van der Waals surface area contributed by atoms with Gasteiger partial charge >= 0.3 is 118 Å². The van der Waals surface area contributed by atoms with E-state index in [-0.39, 0.29) is 9.90 Å². The molecule has 0 aromatic heterocycles. The predicted octanol–water partition coefficient (Wildman–Crippen LogP) is 2.64. The van der Waals surface area contributed by atoms with Gasteiger partial charge in [0.2, 0.25) is 0 Å². The third kappa shape index (κ3) is 3.38. The molecule has 0 bridgehead atoms. The molecule has 2 heteroatoms. The summed E-state index contributed by atoms with van der Waals surface area (Å²) in [6.07, 6.45) is 0. The Bertz CT molecular complexity index is 529. The van der Waals surface area contributed by atoms with Crippen LogP contribution >= 0.6 is 9.90 Å². The summed E-state index contributed by atoms with van der Waals surface area (Å²) in [5.74, 6) is 0. The Kier molecular flexibility index (Phi) is 5.56. The minimum atomic E-state index is -0.904. The summed E-state index contributed by atoms with van der Waals surface area (Å²) in [5, 5.41) is 0. The van der Waals surface area contributed by atoms with Crippen molar-refractivity contribution in [1.29, 1.82) is 0 Å². The molecule has 0 aliphatic rings. The van der Waals surface area contributed by atoms with Gasteiger partial charge in [0.25, 0.3) is 0 Å². The topological polar surface area (TPSA) is 0 Å². The summed E-state index contributed by atoms with van der Waals surface area (Å²) in [4.78, 5) is 0. The molecule has 0 amide bonds. The summed E-state index contributed by atoms with van der Waals surface area (Å²) in [6.45, 7) is 0. The molecule has 3 aromatic rings. The number of hydrogen-bond donors (Lipinski definition) is 0. The molecule has 0 radical (unpaired) electrons. The first kappa shape index (κ1) is 15.0. The predicted molar refractivity (Wildman–Crippen MR) is 89.3 cm³/mol. The van der Waals surface area contributed by atoms with Gasteiger partial charge in [0.05, 0.1) is 0 Å². The van der Waals surface area contributed by atoms with Crippen LogP contribution in [0.3, 0.4) is 0 Å². The van der Waals surface area contributed by atoms with E-state index in [2.05, 4.69) is 91.0 Å². The molecule has 102 valence electrons. The molecule has 0 spiro atoms. The molecule has 0 saturated carbocycles. The quantitative estimate of drug-likeness (QED) is 0.514. The van der Waals surface area contributed by atoms with Crippen LogP contribution in [0.2, 0.25) is 0 Å². The molecular formula is C18H18MnP. The van der Waals surface area contributed by atoms with E-state index in [9.17, 15) is 0 Å². The SMILES string of the molecule is P.c1cc[c]([Mn]([c]2ccccc2)[c]2ccccc2)cc1. The van der Waals surface area contributed by atoms with E-state index in [1.54, 1.807) is 0 Å². The second kappa shape index (κ2) is 7.41. The molecule has 1 unspecified atom stereocenters. The normalized spacial score (nSPS) is 10.5. The Morgan fingerprint density at radius 2 is 0.650 bits per heavy atom. The molecule has 0 N–H and O–H groups in total. The van der Waals surface area contributed by atoms with Crippen LogP contribution in [0.15, 0.2) is 91.0 Å². The van der Waals surface area contributed by atoms with E-state index < -0.39 is 13.9 Å². The monoisotopic (exact) mass is 320 g/mol. The van der Waals surface area contributed by atoms with Crippen molar-refractivity contribution in [3.8, 4) is 0 Å². The molecule has 0 nitrogen and oxygen atoms in total. The molecule has 1 atom stereocenters. The van der Waals surface area contributed by atoms with Crippen LogP contribution in [0.25, 0.3) is 0 Å². The first-order valence-electron chi connectivity index (χ1n) is 6.30. The van der Waals surface area contributed by atoms with Crippen molar-refractivity contribution < 1.29 is 13.9 Å². The zero-order valence-corrected chi connectivity index (χ0v) is 13.8. The first-order chi connectivity index (χ1) is 9.45. The van der Waals surface area contributed by atoms with Gasteiger partial charge in [-0.2, -0.15) is 9.90 Å². The van der Waals surface area contributed by atoms with Crippen molar-refractivity contribution in [3.63, 3.8) is 0 Å². The Morgan fingerprint density at radius 1 is 0.400 bits per heavy atom. The molecule has 0 fully saturated rings. The van der Waals surface area contributed by atoms with Gasteiger partial charge in [-0.25, -0.2) is 0 Å². The maximum atomic E-state index is 2.25. The van der Waals surface area contributed by atoms with Crippen LogP contribution in [-0.2, 0) is 13.9 Å². The van der Waals surface area contributed by atoms with Crippen LogP contribution in [0.1, 0.15) is 0 Å². The minimum absolute atomic E-state index is 0. The Hall–Kier alpha value is -1.39. The standard InChI is InChI=1S/3C6H5.Mn.H3P/c3*1-2-4-6-5-3-1;;/h3*1-5H;;1H3. The van der Waals surface area contributed by atoms with Gasteiger partial charge in [0, 0.05) is 0 Å². The summed E-state index contributed by atoms with van der Waals surface area (Å²) < 4.78 is 4.31. The molecule has 20 heavy (non-hydrogen) atoms. The first-order valence-corrected chi connectivity index (χ1v) is 8.07. The van der Waals surface area contributed by atoms with Crippen LogP contribution in [-0.4, -0.2) is 0 Å². The van der Waals surface area contributed by atoms with E-state index in [1.165, 1.54) is 13.4 Å². The van der Waals surface area contributed by atoms with Gasteiger partial charge in [0.15, 0.2) is 0 Å². The van der Waals surface area contributed by atoms with E-state index in [0.717, 1.165) is 0 Å². The number of benzene rings is 3. The van der Waals surface area contributed by atoms with Gasteiger partial charge in [-0.1, -0.05) is 0 Å². The van der Waals surface area contributed by atoms with E-state index >= 15 is 0 Å². The second-order valence-electron chi connectivity index (χ2n) is 4.17. The molecular weight excluding hydrogens is 302 g/mol. The molecule has 0 heterocycles. The van der Waals surface area contributed by atoms with Crippen molar-refractivity contribution >= 4 is 23.3 Å². The number of rotatable bonds is 3. The number of hydrogen-bond acceptors (Lipinski definition) is 0. The van der Waals surface area contributed by atoms with Gasteiger partial charge in [-0.3, -0.25) is 0 Å². The van der Waals surface area contributed by atoms with Crippen LogP contribution in [0.4, 0.5) is 0 Å². The van der Waals surface area contributed by atoms with Crippen molar-refractivity contribution in [2.24, 2.45) is 0 Å². The molecule has 0 aliphatic carbocycles. The van der Waals surface area contributed by atoms with Gasteiger partial charge in [0.1, 0.15) is 0 Å². The third-order valence-corrected chi connectivity index (χ3v) is 6.08. The van der Waals surface area contributed by atoms with Crippen LogP contribution in [0, 0.1) is 0 Å². The van der Waals surface area contributed by atoms with E-state index in [1.807, 2.05) is 0 Å². The summed E-state index contributed by atoms with van der Waals surface area (Å²) >= 11 is -0.904. The molecule has 0 aliphatic heterocycles. The summed E-state index contributed by atoms with van der Waals surface area (Å²) in [5.41, 5.74) is 0. The fourth-order valence-corrected chi connectivity index (χ4v) is 5.04. The van der Waals surface area contributed by atoms with E-state index in [4.69, 9.17) is 0 Å². The van der Waals surface area contributed by atoms with E-state index in [0.29, 0.717) is 0 Å². The molecule has 3 aromatic carbocycles. The fraction of sp³-hybridized carbons (Fsp3) is 0. The third-order valence-electron chi connectivity index (χ3n) is 2.85. The summed E-state index contributed by atoms with van der Waals surface area (Å²) in [6, 6.07) is 32.5. The Morgan fingerprint density at radius 3 is 0.900 bits per heavy atom. The molecule has 3 rings (SSSR count). The van der Waals surface area contributed by atoms with Gasteiger partial charge in [-0.15, -0.1) is 0 Å². The van der Waals surface area contributed by atoms with Crippen molar-refractivity contribution in [2.45, 2.75) is 0 Å². The maximum absolute atomic E-state index is 2.25. The van der Waals surface area contributed by atoms with Crippen LogP contribution < -0.4 is 13.4 Å². The van der Waals surface area contributed by atoms with Gasteiger partial charge < -0.3 is 0 Å². The second-order valence-corrected chi connectivity index (χ2v) is 7.10. The summed E-state index contributed by atoms with van der Waals surface area (Å²) in [7, 11) is 0. The van der Waals surface area contributed by atoms with Crippen molar-refractivity contribution in [2.75, 3.05) is 0 Å². The fourth-order valence-electron chi connectivity index (χ4n) is 2.00. The molecule has 0 saturated heterocycles.